The highest BCUT2D eigenvalue weighted by Crippen LogP contribution is 2.14. The standard InChI is InChI=1S/C18H36/c1-4-6-8-9-10-11-12-13-15-17-18(3)16-14-7-5-2/h13,15,18H,4-12,14,16-17H2,1-3H3/b15-13+. The second-order valence-corrected chi connectivity index (χ2v) is 5.86. The Hall–Kier alpha value is -0.260. The van der Waals surface area contributed by atoms with Crippen molar-refractivity contribution in [3.8, 4) is 0 Å². The molecule has 0 N–H and O–H groups in total. The summed E-state index contributed by atoms with van der Waals surface area (Å²) in [5.41, 5.74) is 0. The van der Waals surface area contributed by atoms with Gasteiger partial charge in [0.05, 0.1) is 0 Å². The van der Waals surface area contributed by atoms with Gasteiger partial charge in [0.25, 0.3) is 0 Å². The van der Waals surface area contributed by atoms with E-state index < -0.39 is 0 Å². The van der Waals surface area contributed by atoms with Crippen molar-refractivity contribution >= 4 is 0 Å². The van der Waals surface area contributed by atoms with Gasteiger partial charge in [0, 0.05) is 0 Å². The molecule has 0 aromatic rings. The monoisotopic (exact) mass is 252 g/mol. The molecule has 0 spiro atoms. The van der Waals surface area contributed by atoms with E-state index in [1.165, 1.54) is 77.0 Å². The van der Waals surface area contributed by atoms with E-state index >= 15 is 0 Å². The van der Waals surface area contributed by atoms with Gasteiger partial charge in [0.2, 0.25) is 0 Å². The molecule has 0 nitrogen and oxygen atoms in total. The molecule has 1 unspecified atom stereocenters. The van der Waals surface area contributed by atoms with Crippen LogP contribution in [-0.2, 0) is 0 Å². The molecule has 0 saturated carbocycles. The highest BCUT2D eigenvalue weighted by Gasteiger charge is 1.98. The van der Waals surface area contributed by atoms with Crippen molar-refractivity contribution in [2.75, 3.05) is 0 Å². The highest BCUT2D eigenvalue weighted by molar-refractivity contribution is 4.83. The molecule has 0 rings (SSSR count). The smallest absolute Gasteiger partial charge is 0.0325 e. The zero-order chi connectivity index (χ0) is 13.5. The fourth-order valence-corrected chi connectivity index (χ4v) is 2.35. The van der Waals surface area contributed by atoms with Crippen molar-refractivity contribution in [2.24, 2.45) is 5.92 Å². The third kappa shape index (κ3) is 13.8. The lowest BCUT2D eigenvalue weighted by molar-refractivity contribution is 0.500. The van der Waals surface area contributed by atoms with E-state index in [9.17, 15) is 0 Å². The second kappa shape index (κ2) is 14.8. The van der Waals surface area contributed by atoms with E-state index in [1.807, 2.05) is 0 Å². The van der Waals surface area contributed by atoms with Gasteiger partial charge in [-0.25, -0.2) is 0 Å². The molecule has 0 fully saturated rings. The zero-order valence-corrected chi connectivity index (χ0v) is 13.2. The SMILES string of the molecule is CCCCCCCC/C=C/CC(C)CCCCC. The molecule has 0 heteroatoms. The van der Waals surface area contributed by atoms with Crippen LogP contribution >= 0.6 is 0 Å². The molecule has 0 amide bonds. The van der Waals surface area contributed by atoms with Crippen LogP contribution in [0.2, 0.25) is 0 Å². The van der Waals surface area contributed by atoms with Crippen LogP contribution in [0.15, 0.2) is 12.2 Å². The molecule has 0 heterocycles. The first-order valence-electron chi connectivity index (χ1n) is 8.46. The Morgan fingerprint density at radius 1 is 0.722 bits per heavy atom. The summed E-state index contributed by atoms with van der Waals surface area (Å²) in [6, 6.07) is 0. The summed E-state index contributed by atoms with van der Waals surface area (Å²) in [5.74, 6) is 0.886. The van der Waals surface area contributed by atoms with Crippen LogP contribution in [0.1, 0.15) is 97.8 Å². The summed E-state index contributed by atoms with van der Waals surface area (Å²) < 4.78 is 0. The van der Waals surface area contributed by atoms with Gasteiger partial charge in [-0.1, -0.05) is 90.7 Å². The first kappa shape index (κ1) is 17.7. The largest absolute Gasteiger partial charge is 0.0885 e. The van der Waals surface area contributed by atoms with Gasteiger partial charge in [-0.15, -0.1) is 0 Å². The zero-order valence-electron chi connectivity index (χ0n) is 13.2. The van der Waals surface area contributed by atoms with Gasteiger partial charge in [0.15, 0.2) is 0 Å². The molecule has 1 atom stereocenters. The van der Waals surface area contributed by atoms with E-state index in [0.717, 1.165) is 5.92 Å². The van der Waals surface area contributed by atoms with E-state index in [0.29, 0.717) is 0 Å². The number of allylic oxidation sites excluding steroid dienone is 2. The van der Waals surface area contributed by atoms with Gasteiger partial charge in [-0.2, -0.15) is 0 Å². The van der Waals surface area contributed by atoms with Gasteiger partial charge < -0.3 is 0 Å². The molecule has 0 aromatic heterocycles. The molecule has 0 bridgehead atoms. The van der Waals surface area contributed by atoms with Crippen molar-refractivity contribution in [1.82, 2.24) is 0 Å². The molecule has 0 aliphatic carbocycles. The molecule has 0 saturated heterocycles. The predicted octanol–water partition coefficient (Wildman–Crippen LogP) is 6.90. The predicted molar refractivity (Wildman–Crippen MR) is 85.1 cm³/mol. The van der Waals surface area contributed by atoms with Gasteiger partial charge in [-0.05, 0) is 25.2 Å². The molecule has 0 radical (unpaired) electrons. The lowest BCUT2D eigenvalue weighted by Crippen LogP contribution is -1.92. The van der Waals surface area contributed by atoms with Crippen LogP contribution in [0.4, 0.5) is 0 Å². The van der Waals surface area contributed by atoms with Crippen LogP contribution in [-0.4, -0.2) is 0 Å². The van der Waals surface area contributed by atoms with E-state index in [4.69, 9.17) is 0 Å². The third-order valence-corrected chi connectivity index (χ3v) is 3.73. The molecule has 0 aromatic carbocycles. The highest BCUT2D eigenvalue weighted by atomic mass is 14.0. The summed E-state index contributed by atoms with van der Waals surface area (Å²) in [6.07, 6.45) is 21.5. The lowest BCUT2D eigenvalue weighted by atomic mass is 9.99. The fourth-order valence-electron chi connectivity index (χ4n) is 2.35. The van der Waals surface area contributed by atoms with Crippen LogP contribution in [0.5, 0.6) is 0 Å². The van der Waals surface area contributed by atoms with Crippen molar-refractivity contribution in [2.45, 2.75) is 97.8 Å². The van der Waals surface area contributed by atoms with Crippen LogP contribution in [0, 0.1) is 5.92 Å². The molecule has 0 aliphatic heterocycles. The minimum absolute atomic E-state index is 0.886. The van der Waals surface area contributed by atoms with Crippen molar-refractivity contribution < 1.29 is 0 Å². The summed E-state index contributed by atoms with van der Waals surface area (Å²) in [4.78, 5) is 0. The Morgan fingerprint density at radius 2 is 1.33 bits per heavy atom. The molecular formula is C18H36. The number of rotatable bonds is 13. The van der Waals surface area contributed by atoms with Gasteiger partial charge in [0.1, 0.15) is 0 Å². The molecule has 18 heavy (non-hydrogen) atoms. The summed E-state index contributed by atoms with van der Waals surface area (Å²) >= 11 is 0. The normalized spacial score (nSPS) is 13.3. The first-order valence-corrected chi connectivity index (χ1v) is 8.46. The van der Waals surface area contributed by atoms with E-state index in [1.54, 1.807) is 0 Å². The maximum absolute atomic E-state index is 2.42. The van der Waals surface area contributed by atoms with Gasteiger partial charge >= 0.3 is 0 Å². The maximum Gasteiger partial charge on any atom is -0.0325 e. The molecule has 108 valence electrons. The summed E-state index contributed by atoms with van der Waals surface area (Å²) in [6.45, 7) is 6.96. The Labute approximate surface area is 116 Å². The minimum Gasteiger partial charge on any atom is -0.0885 e. The van der Waals surface area contributed by atoms with E-state index in [2.05, 4.69) is 32.9 Å². The summed E-state index contributed by atoms with van der Waals surface area (Å²) in [5, 5.41) is 0. The second-order valence-electron chi connectivity index (χ2n) is 5.86. The quantitative estimate of drug-likeness (QED) is 0.247. The number of unbranched alkanes of at least 4 members (excludes halogenated alkanes) is 8. The first-order chi connectivity index (χ1) is 8.81. The molecule has 0 aliphatic rings. The Bertz CT molecular complexity index is 169. The number of hydrogen-bond donors (Lipinski definition) is 0. The van der Waals surface area contributed by atoms with Crippen LogP contribution in [0.3, 0.4) is 0 Å². The third-order valence-electron chi connectivity index (χ3n) is 3.73. The summed E-state index contributed by atoms with van der Waals surface area (Å²) in [7, 11) is 0. The lowest BCUT2D eigenvalue weighted by Gasteiger charge is -2.07. The maximum atomic E-state index is 2.42. The van der Waals surface area contributed by atoms with Gasteiger partial charge in [-0.3, -0.25) is 0 Å². The van der Waals surface area contributed by atoms with Crippen molar-refractivity contribution in [3.63, 3.8) is 0 Å². The Morgan fingerprint density at radius 3 is 2.06 bits per heavy atom. The van der Waals surface area contributed by atoms with Crippen LogP contribution in [0.25, 0.3) is 0 Å². The number of hydrogen-bond acceptors (Lipinski definition) is 0. The topological polar surface area (TPSA) is 0 Å². The average molecular weight is 252 g/mol. The van der Waals surface area contributed by atoms with Crippen molar-refractivity contribution in [1.29, 1.82) is 0 Å². The van der Waals surface area contributed by atoms with Crippen molar-refractivity contribution in [3.05, 3.63) is 12.2 Å². The van der Waals surface area contributed by atoms with Crippen LogP contribution < -0.4 is 0 Å². The average Bonchev–Trinajstić information content (AvgIpc) is 2.37. The molecular weight excluding hydrogens is 216 g/mol. The Kier molecular flexibility index (Phi) is 14.6. The fraction of sp³-hybridized carbons (Fsp3) is 0.889. The minimum atomic E-state index is 0.886. The van der Waals surface area contributed by atoms with E-state index in [-0.39, 0.29) is 0 Å². The Balaban J connectivity index is 3.21.